The third-order valence-electron chi connectivity index (χ3n) is 4.60. The van der Waals surface area contributed by atoms with Crippen LogP contribution in [-0.4, -0.2) is 51.7 Å². The smallest absolute Gasteiger partial charge is 0.224 e. The first-order valence-corrected chi connectivity index (χ1v) is 9.62. The Kier molecular flexibility index (Phi) is 6.15. The highest BCUT2D eigenvalue weighted by Gasteiger charge is 2.21. The van der Waals surface area contributed by atoms with Crippen LogP contribution in [0.5, 0.6) is 0 Å². The van der Waals surface area contributed by atoms with Crippen LogP contribution in [-0.2, 0) is 17.9 Å². The molecular formula is C18H22BrClN4O. The number of aromatic nitrogens is 2. The quantitative estimate of drug-likeness (QED) is 0.738. The Morgan fingerprint density at radius 2 is 2.04 bits per heavy atom. The Hall–Kier alpha value is -1.37. The molecule has 2 heterocycles. The molecule has 0 unspecified atom stereocenters. The van der Waals surface area contributed by atoms with Crippen molar-refractivity contribution >= 4 is 33.4 Å². The van der Waals surface area contributed by atoms with Crippen LogP contribution in [0.25, 0.3) is 0 Å². The zero-order valence-corrected chi connectivity index (χ0v) is 16.6. The number of piperazine rings is 1. The second kappa shape index (κ2) is 8.34. The van der Waals surface area contributed by atoms with Crippen molar-refractivity contribution in [1.29, 1.82) is 0 Å². The van der Waals surface area contributed by atoms with Crippen molar-refractivity contribution in [3.8, 4) is 0 Å². The van der Waals surface area contributed by atoms with Gasteiger partial charge in [-0.05, 0) is 40.5 Å². The largest absolute Gasteiger partial charge is 0.340 e. The molecule has 0 aliphatic carbocycles. The summed E-state index contributed by atoms with van der Waals surface area (Å²) < 4.78 is 2.85. The molecule has 134 valence electrons. The number of nitrogens with zero attached hydrogens (tertiary/aromatic N) is 4. The summed E-state index contributed by atoms with van der Waals surface area (Å²) >= 11 is 9.49. The van der Waals surface area contributed by atoms with Crippen LogP contribution in [0, 0.1) is 6.92 Å². The summed E-state index contributed by atoms with van der Waals surface area (Å²) in [6, 6.07) is 7.96. The number of amides is 1. The van der Waals surface area contributed by atoms with Gasteiger partial charge >= 0.3 is 0 Å². The molecule has 1 saturated heterocycles. The maximum Gasteiger partial charge on any atom is 0.224 e. The van der Waals surface area contributed by atoms with Gasteiger partial charge in [0.25, 0.3) is 0 Å². The highest BCUT2D eigenvalue weighted by Crippen LogP contribution is 2.16. The molecule has 25 heavy (non-hydrogen) atoms. The van der Waals surface area contributed by atoms with E-state index in [2.05, 4.69) is 32.0 Å². The SMILES string of the molecule is Cc1c(Br)cnn1CCC(=O)N1CCN(Cc2cccc(Cl)c2)CC1. The first-order valence-electron chi connectivity index (χ1n) is 8.45. The van der Waals surface area contributed by atoms with Crippen molar-refractivity contribution < 1.29 is 4.79 Å². The molecule has 0 bridgehead atoms. The van der Waals surface area contributed by atoms with E-state index in [1.54, 1.807) is 6.20 Å². The number of halogens is 2. The molecule has 1 aromatic heterocycles. The molecule has 7 heteroatoms. The third-order valence-corrected chi connectivity index (χ3v) is 5.61. The number of rotatable bonds is 5. The van der Waals surface area contributed by atoms with E-state index in [9.17, 15) is 4.79 Å². The Bertz CT molecular complexity index is 740. The summed E-state index contributed by atoms with van der Waals surface area (Å²) in [7, 11) is 0. The van der Waals surface area contributed by atoms with Crippen molar-refractivity contribution in [2.24, 2.45) is 0 Å². The summed E-state index contributed by atoms with van der Waals surface area (Å²) in [4.78, 5) is 16.8. The third kappa shape index (κ3) is 4.84. The monoisotopic (exact) mass is 424 g/mol. The van der Waals surface area contributed by atoms with Gasteiger partial charge < -0.3 is 4.90 Å². The fourth-order valence-electron chi connectivity index (χ4n) is 3.06. The van der Waals surface area contributed by atoms with E-state index < -0.39 is 0 Å². The maximum atomic E-state index is 12.4. The normalized spacial score (nSPS) is 15.6. The Morgan fingerprint density at radius 1 is 1.28 bits per heavy atom. The average molecular weight is 426 g/mol. The summed E-state index contributed by atoms with van der Waals surface area (Å²) in [5.74, 6) is 0.202. The lowest BCUT2D eigenvalue weighted by Gasteiger charge is -2.34. The van der Waals surface area contributed by atoms with E-state index in [1.807, 2.05) is 34.7 Å². The van der Waals surface area contributed by atoms with E-state index in [0.717, 1.165) is 47.9 Å². The maximum absolute atomic E-state index is 12.4. The van der Waals surface area contributed by atoms with E-state index >= 15 is 0 Å². The van der Waals surface area contributed by atoms with Crippen LogP contribution >= 0.6 is 27.5 Å². The van der Waals surface area contributed by atoms with Crippen LogP contribution in [0.4, 0.5) is 0 Å². The first-order chi connectivity index (χ1) is 12.0. The molecule has 1 amide bonds. The Labute approximate surface area is 161 Å². The van der Waals surface area contributed by atoms with Crippen LogP contribution in [0.15, 0.2) is 34.9 Å². The molecule has 1 fully saturated rings. The van der Waals surface area contributed by atoms with Crippen molar-refractivity contribution in [1.82, 2.24) is 19.6 Å². The number of aryl methyl sites for hydroxylation is 1. The van der Waals surface area contributed by atoms with Gasteiger partial charge in [0.1, 0.15) is 0 Å². The minimum Gasteiger partial charge on any atom is -0.340 e. The molecule has 1 aromatic carbocycles. The van der Waals surface area contributed by atoms with Gasteiger partial charge in [0.15, 0.2) is 0 Å². The zero-order valence-electron chi connectivity index (χ0n) is 14.3. The number of benzene rings is 1. The fourth-order valence-corrected chi connectivity index (χ4v) is 3.57. The molecular weight excluding hydrogens is 404 g/mol. The summed E-state index contributed by atoms with van der Waals surface area (Å²) in [5, 5.41) is 5.05. The predicted molar refractivity (Wildman–Crippen MR) is 103 cm³/mol. The van der Waals surface area contributed by atoms with E-state index in [1.165, 1.54) is 5.56 Å². The number of carbonyl (C=O) groups excluding carboxylic acids is 1. The van der Waals surface area contributed by atoms with Gasteiger partial charge in [-0.25, -0.2) is 0 Å². The topological polar surface area (TPSA) is 41.4 Å². The fraction of sp³-hybridized carbons (Fsp3) is 0.444. The molecule has 2 aromatic rings. The van der Waals surface area contributed by atoms with Gasteiger partial charge in [0, 0.05) is 56.4 Å². The standard InChI is InChI=1S/C18H22BrClN4O/c1-14-17(19)12-21-24(14)6-5-18(25)23-9-7-22(8-10-23)13-15-3-2-4-16(20)11-15/h2-4,11-12H,5-10,13H2,1H3. The second-order valence-corrected chi connectivity index (χ2v) is 7.63. The predicted octanol–water partition coefficient (Wildman–Crippen LogP) is 3.34. The highest BCUT2D eigenvalue weighted by molar-refractivity contribution is 9.10. The molecule has 5 nitrogen and oxygen atoms in total. The van der Waals surface area contributed by atoms with Gasteiger partial charge in [-0.1, -0.05) is 23.7 Å². The van der Waals surface area contributed by atoms with Gasteiger partial charge in [-0.15, -0.1) is 0 Å². The second-order valence-electron chi connectivity index (χ2n) is 6.34. The molecule has 0 N–H and O–H groups in total. The molecule has 3 rings (SSSR count). The average Bonchev–Trinajstić information content (AvgIpc) is 2.92. The first kappa shape index (κ1) is 18.4. The number of carbonyl (C=O) groups is 1. The lowest BCUT2D eigenvalue weighted by atomic mass is 10.2. The van der Waals surface area contributed by atoms with Crippen LogP contribution in [0.3, 0.4) is 0 Å². The molecule has 0 spiro atoms. The van der Waals surface area contributed by atoms with Crippen molar-refractivity contribution in [2.45, 2.75) is 26.4 Å². The Morgan fingerprint density at radius 3 is 2.68 bits per heavy atom. The molecule has 1 aliphatic heterocycles. The van der Waals surface area contributed by atoms with Crippen molar-refractivity contribution in [3.05, 3.63) is 51.2 Å². The van der Waals surface area contributed by atoms with E-state index in [-0.39, 0.29) is 5.91 Å². The van der Waals surface area contributed by atoms with Crippen molar-refractivity contribution in [3.63, 3.8) is 0 Å². The minimum atomic E-state index is 0.202. The Balaban J connectivity index is 1.45. The molecule has 0 radical (unpaired) electrons. The number of hydrogen-bond donors (Lipinski definition) is 0. The van der Waals surface area contributed by atoms with E-state index in [4.69, 9.17) is 11.6 Å². The van der Waals surface area contributed by atoms with Gasteiger partial charge in [-0.3, -0.25) is 14.4 Å². The lowest BCUT2D eigenvalue weighted by Crippen LogP contribution is -2.48. The van der Waals surface area contributed by atoms with Crippen LogP contribution in [0.1, 0.15) is 17.7 Å². The molecule has 1 aliphatic rings. The van der Waals surface area contributed by atoms with Gasteiger partial charge in [0.05, 0.1) is 10.7 Å². The zero-order chi connectivity index (χ0) is 17.8. The number of hydrogen-bond acceptors (Lipinski definition) is 3. The van der Waals surface area contributed by atoms with Gasteiger partial charge in [0.2, 0.25) is 5.91 Å². The van der Waals surface area contributed by atoms with Gasteiger partial charge in [-0.2, -0.15) is 5.10 Å². The van der Waals surface area contributed by atoms with Crippen LogP contribution < -0.4 is 0 Å². The highest BCUT2D eigenvalue weighted by atomic mass is 79.9. The lowest BCUT2D eigenvalue weighted by molar-refractivity contribution is -0.133. The van der Waals surface area contributed by atoms with Crippen molar-refractivity contribution in [2.75, 3.05) is 26.2 Å². The molecule has 0 saturated carbocycles. The van der Waals surface area contributed by atoms with E-state index in [0.29, 0.717) is 13.0 Å². The summed E-state index contributed by atoms with van der Waals surface area (Å²) in [6.45, 7) is 6.84. The van der Waals surface area contributed by atoms with Crippen LogP contribution in [0.2, 0.25) is 5.02 Å². The summed E-state index contributed by atoms with van der Waals surface area (Å²) in [5.41, 5.74) is 2.27. The minimum absolute atomic E-state index is 0.202. The molecule has 0 atom stereocenters. The summed E-state index contributed by atoms with van der Waals surface area (Å²) in [6.07, 6.45) is 2.26.